The average molecular weight is 398 g/mol. The van der Waals surface area contributed by atoms with E-state index in [4.69, 9.17) is 21.1 Å². The summed E-state index contributed by atoms with van der Waals surface area (Å²) in [7, 11) is 1.64. The Morgan fingerprint density at radius 1 is 1.25 bits per heavy atom. The second-order valence-electron chi connectivity index (χ2n) is 6.59. The monoisotopic (exact) mass is 397 g/mol. The lowest BCUT2D eigenvalue weighted by molar-refractivity contribution is -0.134. The highest BCUT2D eigenvalue weighted by molar-refractivity contribution is 6.32. The molecular formula is C21H20ClN3O3. The highest BCUT2D eigenvalue weighted by atomic mass is 35.5. The van der Waals surface area contributed by atoms with Gasteiger partial charge in [0.1, 0.15) is 11.5 Å². The predicted octanol–water partition coefficient (Wildman–Crippen LogP) is 3.62. The number of halogens is 1. The molecule has 4 rings (SSSR count). The molecule has 0 spiro atoms. The number of aromatic nitrogens is 2. The molecule has 1 unspecified atom stereocenters. The molecule has 7 heteroatoms. The molecule has 1 N–H and O–H groups in total. The zero-order valence-corrected chi connectivity index (χ0v) is 16.1. The Hall–Kier alpha value is -2.99. The van der Waals surface area contributed by atoms with Gasteiger partial charge in [0.15, 0.2) is 6.61 Å². The number of benzene rings is 2. The van der Waals surface area contributed by atoms with Crippen LogP contribution in [-0.4, -0.2) is 41.0 Å². The van der Waals surface area contributed by atoms with Gasteiger partial charge >= 0.3 is 0 Å². The number of nitrogens with one attached hydrogen (secondary N) is 1. The van der Waals surface area contributed by atoms with Crippen LogP contribution in [0.1, 0.15) is 22.9 Å². The molecule has 1 aliphatic heterocycles. The zero-order valence-electron chi connectivity index (χ0n) is 15.4. The standard InChI is InChI=1S/C21H20ClN3O3/c1-27-15-8-6-14(7-9-15)16-10-25(11-18-21(16)24-13-23-18)20(26)12-28-19-5-3-2-4-17(19)22/h2-9,13,16H,10-12H2,1H3,(H,23,24). The van der Waals surface area contributed by atoms with Gasteiger partial charge in [-0.25, -0.2) is 4.98 Å². The van der Waals surface area contributed by atoms with E-state index in [1.165, 1.54) is 0 Å². The lowest BCUT2D eigenvalue weighted by Crippen LogP contribution is -2.41. The minimum absolute atomic E-state index is 0.00910. The molecule has 0 aliphatic carbocycles. The molecule has 0 radical (unpaired) electrons. The van der Waals surface area contributed by atoms with Crippen molar-refractivity contribution in [3.8, 4) is 11.5 Å². The Balaban J connectivity index is 1.51. The number of ether oxygens (including phenoxy) is 2. The number of para-hydroxylation sites is 1. The van der Waals surface area contributed by atoms with Crippen LogP contribution >= 0.6 is 11.6 Å². The minimum Gasteiger partial charge on any atom is -0.497 e. The number of aromatic amines is 1. The summed E-state index contributed by atoms with van der Waals surface area (Å²) >= 11 is 6.10. The molecule has 1 aromatic heterocycles. The number of imidazole rings is 1. The van der Waals surface area contributed by atoms with Gasteiger partial charge in [0.05, 0.1) is 36.4 Å². The third kappa shape index (κ3) is 3.68. The molecule has 0 bridgehead atoms. The third-order valence-corrected chi connectivity index (χ3v) is 5.20. The van der Waals surface area contributed by atoms with Crippen molar-refractivity contribution >= 4 is 17.5 Å². The molecule has 2 aromatic carbocycles. The molecular weight excluding hydrogens is 378 g/mol. The van der Waals surface area contributed by atoms with Gasteiger partial charge in [-0.05, 0) is 29.8 Å². The third-order valence-electron chi connectivity index (χ3n) is 4.89. The number of hydrogen-bond donors (Lipinski definition) is 1. The van der Waals surface area contributed by atoms with Gasteiger partial charge in [-0.15, -0.1) is 0 Å². The van der Waals surface area contributed by atoms with Crippen molar-refractivity contribution in [2.24, 2.45) is 0 Å². The highest BCUT2D eigenvalue weighted by Crippen LogP contribution is 2.32. The molecule has 1 amide bonds. The summed E-state index contributed by atoms with van der Waals surface area (Å²) in [5.74, 6) is 1.19. The zero-order chi connectivity index (χ0) is 19.5. The average Bonchev–Trinajstić information content (AvgIpc) is 3.21. The summed E-state index contributed by atoms with van der Waals surface area (Å²) in [5.41, 5.74) is 3.00. The fraction of sp³-hybridized carbons (Fsp3) is 0.238. The summed E-state index contributed by atoms with van der Waals surface area (Å²) in [6.07, 6.45) is 1.68. The number of fused-ring (bicyclic) bond motifs is 1. The molecule has 1 atom stereocenters. The quantitative estimate of drug-likeness (QED) is 0.714. The van der Waals surface area contributed by atoms with Crippen LogP contribution in [0.15, 0.2) is 54.9 Å². The maximum atomic E-state index is 12.8. The van der Waals surface area contributed by atoms with Crippen molar-refractivity contribution in [2.45, 2.75) is 12.5 Å². The Morgan fingerprint density at radius 3 is 2.79 bits per heavy atom. The first-order chi connectivity index (χ1) is 13.7. The van der Waals surface area contributed by atoms with Crippen molar-refractivity contribution in [3.63, 3.8) is 0 Å². The van der Waals surface area contributed by atoms with Gasteiger partial charge in [0.25, 0.3) is 5.91 Å². The SMILES string of the molecule is COc1ccc(C2CN(C(=O)COc3ccccc3Cl)Cc3[nH]cnc32)cc1. The maximum absolute atomic E-state index is 12.8. The smallest absolute Gasteiger partial charge is 0.260 e. The number of rotatable bonds is 5. The summed E-state index contributed by atoms with van der Waals surface area (Å²) in [6.45, 7) is 0.949. The number of hydrogen-bond acceptors (Lipinski definition) is 4. The number of H-pyrrole nitrogens is 1. The van der Waals surface area contributed by atoms with Crippen LogP contribution in [0.2, 0.25) is 5.02 Å². The lowest BCUT2D eigenvalue weighted by Gasteiger charge is -2.32. The van der Waals surface area contributed by atoms with Gasteiger partial charge in [0, 0.05) is 12.5 Å². The first-order valence-corrected chi connectivity index (χ1v) is 9.34. The Morgan fingerprint density at radius 2 is 2.04 bits per heavy atom. The molecule has 28 heavy (non-hydrogen) atoms. The van der Waals surface area contributed by atoms with E-state index in [9.17, 15) is 4.79 Å². The van der Waals surface area contributed by atoms with E-state index in [1.54, 1.807) is 30.5 Å². The van der Waals surface area contributed by atoms with Gasteiger partial charge in [-0.1, -0.05) is 35.9 Å². The van der Waals surface area contributed by atoms with Crippen LogP contribution in [0.25, 0.3) is 0 Å². The first kappa shape index (κ1) is 18.4. The van der Waals surface area contributed by atoms with Crippen LogP contribution in [0.5, 0.6) is 11.5 Å². The van der Waals surface area contributed by atoms with Crippen LogP contribution in [0.3, 0.4) is 0 Å². The summed E-state index contributed by atoms with van der Waals surface area (Å²) in [4.78, 5) is 22.2. The fourth-order valence-electron chi connectivity index (χ4n) is 3.40. The summed E-state index contributed by atoms with van der Waals surface area (Å²) < 4.78 is 10.9. The number of carbonyl (C=O) groups excluding carboxylic acids is 1. The lowest BCUT2D eigenvalue weighted by atomic mass is 9.91. The number of methoxy groups -OCH3 is 1. The second kappa shape index (κ2) is 7.94. The summed E-state index contributed by atoms with van der Waals surface area (Å²) in [6, 6.07) is 15.0. The highest BCUT2D eigenvalue weighted by Gasteiger charge is 2.31. The van der Waals surface area contributed by atoms with E-state index >= 15 is 0 Å². The van der Waals surface area contributed by atoms with Crippen molar-refractivity contribution in [3.05, 3.63) is 76.8 Å². The van der Waals surface area contributed by atoms with Crippen LogP contribution in [-0.2, 0) is 11.3 Å². The normalized spacial score (nSPS) is 15.8. The molecule has 0 fully saturated rings. The molecule has 6 nitrogen and oxygen atoms in total. The van der Waals surface area contributed by atoms with Crippen molar-refractivity contribution in [1.29, 1.82) is 0 Å². The van der Waals surface area contributed by atoms with E-state index in [0.717, 1.165) is 22.7 Å². The Kier molecular flexibility index (Phi) is 5.21. The Bertz CT molecular complexity index is 971. The van der Waals surface area contributed by atoms with Crippen LogP contribution in [0, 0.1) is 0 Å². The fourth-order valence-corrected chi connectivity index (χ4v) is 3.59. The van der Waals surface area contributed by atoms with Crippen molar-refractivity contribution in [1.82, 2.24) is 14.9 Å². The number of carbonyl (C=O) groups is 1. The van der Waals surface area contributed by atoms with E-state index in [1.807, 2.05) is 36.4 Å². The number of nitrogens with zero attached hydrogens (tertiary/aromatic N) is 2. The van der Waals surface area contributed by atoms with Crippen LogP contribution in [0.4, 0.5) is 0 Å². The van der Waals surface area contributed by atoms with Crippen molar-refractivity contribution in [2.75, 3.05) is 20.3 Å². The van der Waals surface area contributed by atoms with E-state index < -0.39 is 0 Å². The van der Waals surface area contributed by atoms with Gasteiger partial charge in [0.2, 0.25) is 0 Å². The topological polar surface area (TPSA) is 67.4 Å². The van der Waals surface area contributed by atoms with E-state index in [2.05, 4.69) is 9.97 Å². The maximum Gasteiger partial charge on any atom is 0.260 e. The molecule has 0 saturated heterocycles. The van der Waals surface area contributed by atoms with Gasteiger partial charge in [-0.3, -0.25) is 4.79 Å². The second-order valence-corrected chi connectivity index (χ2v) is 6.99. The predicted molar refractivity (Wildman–Crippen MR) is 106 cm³/mol. The van der Waals surface area contributed by atoms with E-state index in [0.29, 0.717) is 23.9 Å². The van der Waals surface area contributed by atoms with Gasteiger partial charge in [-0.2, -0.15) is 0 Å². The molecule has 1 aliphatic rings. The number of amides is 1. The molecule has 2 heterocycles. The van der Waals surface area contributed by atoms with Gasteiger partial charge < -0.3 is 19.4 Å². The van der Waals surface area contributed by atoms with Crippen LogP contribution < -0.4 is 9.47 Å². The molecule has 3 aromatic rings. The van der Waals surface area contributed by atoms with Crippen molar-refractivity contribution < 1.29 is 14.3 Å². The first-order valence-electron chi connectivity index (χ1n) is 8.97. The van der Waals surface area contributed by atoms with E-state index in [-0.39, 0.29) is 18.4 Å². The minimum atomic E-state index is -0.0984. The molecule has 0 saturated carbocycles. The summed E-state index contributed by atoms with van der Waals surface area (Å²) in [5, 5.41) is 0.487. The molecule has 144 valence electrons. The Labute approximate surface area is 168 Å². The largest absolute Gasteiger partial charge is 0.497 e.